The summed E-state index contributed by atoms with van der Waals surface area (Å²) in [6, 6.07) is 18.4. The van der Waals surface area contributed by atoms with Crippen LogP contribution in [0.2, 0.25) is 0 Å². The Morgan fingerprint density at radius 2 is 1.88 bits per heavy atom. The van der Waals surface area contributed by atoms with Crippen LogP contribution in [0, 0.1) is 0 Å². The van der Waals surface area contributed by atoms with Crippen LogP contribution in [-0.2, 0) is 17.8 Å². The molecular formula is C21H25N3OS. The zero-order valence-corrected chi connectivity index (χ0v) is 16.0. The second-order valence-electron chi connectivity index (χ2n) is 6.37. The molecule has 0 aliphatic rings. The van der Waals surface area contributed by atoms with Crippen molar-refractivity contribution in [3.05, 3.63) is 65.2 Å². The van der Waals surface area contributed by atoms with E-state index >= 15 is 0 Å². The minimum Gasteiger partial charge on any atom is -0.355 e. The van der Waals surface area contributed by atoms with Gasteiger partial charge in [0.2, 0.25) is 5.91 Å². The van der Waals surface area contributed by atoms with E-state index in [4.69, 9.17) is 0 Å². The van der Waals surface area contributed by atoms with E-state index in [0.717, 1.165) is 36.5 Å². The maximum atomic E-state index is 12.3. The van der Waals surface area contributed by atoms with E-state index in [9.17, 15) is 4.79 Å². The first kappa shape index (κ1) is 18.5. The predicted molar refractivity (Wildman–Crippen MR) is 108 cm³/mol. The summed E-state index contributed by atoms with van der Waals surface area (Å²) in [5.74, 6) is 0.0792. The van der Waals surface area contributed by atoms with Crippen LogP contribution >= 0.6 is 11.3 Å². The lowest BCUT2D eigenvalue weighted by Gasteiger charge is -2.21. The monoisotopic (exact) mass is 367 g/mol. The van der Waals surface area contributed by atoms with E-state index in [1.807, 2.05) is 36.4 Å². The number of hydrogen-bond acceptors (Lipinski definition) is 4. The number of aromatic nitrogens is 1. The van der Waals surface area contributed by atoms with Crippen LogP contribution in [0.4, 0.5) is 0 Å². The first-order valence-electron chi connectivity index (χ1n) is 9.12. The lowest BCUT2D eigenvalue weighted by atomic mass is 10.2. The van der Waals surface area contributed by atoms with Crippen LogP contribution in [0.1, 0.15) is 23.9 Å². The fraction of sp³-hybridized carbons (Fsp3) is 0.333. The Kier molecular flexibility index (Phi) is 6.75. The van der Waals surface area contributed by atoms with E-state index in [2.05, 4.69) is 40.3 Å². The van der Waals surface area contributed by atoms with E-state index in [1.54, 1.807) is 11.3 Å². The van der Waals surface area contributed by atoms with Crippen molar-refractivity contribution in [2.45, 2.75) is 26.3 Å². The number of hydrogen-bond donors (Lipinski definition) is 1. The number of thiazole rings is 1. The molecule has 0 aliphatic heterocycles. The molecule has 0 saturated carbocycles. The van der Waals surface area contributed by atoms with Gasteiger partial charge < -0.3 is 5.32 Å². The minimum absolute atomic E-state index is 0.0792. The summed E-state index contributed by atoms with van der Waals surface area (Å²) in [6.07, 6.45) is 1.81. The zero-order valence-electron chi connectivity index (χ0n) is 15.1. The minimum atomic E-state index is 0.0792. The number of benzene rings is 2. The first-order valence-corrected chi connectivity index (χ1v) is 9.93. The molecule has 1 heterocycles. The van der Waals surface area contributed by atoms with Crippen LogP contribution < -0.4 is 5.32 Å². The second-order valence-corrected chi connectivity index (χ2v) is 7.49. The highest BCUT2D eigenvalue weighted by molar-refractivity contribution is 7.18. The van der Waals surface area contributed by atoms with Crippen molar-refractivity contribution in [3.8, 4) is 0 Å². The summed E-state index contributed by atoms with van der Waals surface area (Å²) in [6.45, 7) is 4.93. The molecule has 0 atom stereocenters. The van der Waals surface area contributed by atoms with Crippen molar-refractivity contribution in [2.75, 3.05) is 19.6 Å². The molecule has 3 aromatic rings. The Balaban J connectivity index is 1.47. The van der Waals surface area contributed by atoms with Gasteiger partial charge in [0.05, 0.1) is 21.8 Å². The molecule has 136 valence electrons. The second kappa shape index (κ2) is 9.46. The summed E-state index contributed by atoms with van der Waals surface area (Å²) >= 11 is 1.70. The summed E-state index contributed by atoms with van der Waals surface area (Å²) < 4.78 is 1.20. The number of carbonyl (C=O) groups excluding carboxylic acids is 1. The Labute approximate surface area is 158 Å². The third-order valence-electron chi connectivity index (χ3n) is 4.16. The molecule has 26 heavy (non-hydrogen) atoms. The standard InChI is InChI=1S/C21H25N3OS/c1-2-14-24(15-17-8-4-3-5-9-17)16-20(25)22-13-12-21-23-18-10-6-7-11-19(18)26-21/h3-11H,2,12-16H2,1H3,(H,22,25). The predicted octanol–water partition coefficient (Wildman–Crippen LogP) is 3.87. The summed E-state index contributed by atoms with van der Waals surface area (Å²) in [4.78, 5) is 19.1. The van der Waals surface area contributed by atoms with Gasteiger partial charge in [-0.1, -0.05) is 49.4 Å². The molecule has 1 aromatic heterocycles. The van der Waals surface area contributed by atoms with Gasteiger partial charge in [0, 0.05) is 19.5 Å². The SMILES string of the molecule is CCCN(CC(=O)NCCc1nc2ccccc2s1)Cc1ccccc1. The fourth-order valence-electron chi connectivity index (χ4n) is 2.97. The van der Waals surface area contributed by atoms with Crippen molar-refractivity contribution in [2.24, 2.45) is 0 Å². The Morgan fingerprint density at radius 1 is 1.12 bits per heavy atom. The van der Waals surface area contributed by atoms with Crippen molar-refractivity contribution < 1.29 is 4.79 Å². The molecule has 1 amide bonds. The average Bonchev–Trinajstić information content (AvgIpc) is 3.05. The smallest absolute Gasteiger partial charge is 0.234 e. The van der Waals surface area contributed by atoms with Crippen LogP contribution in [0.3, 0.4) is 0 Å². The van der Waals surface area contributed by atoms with Crippen molar-refractivity contribution >= 4 is 27.5 Å². The molecule has 0 saturated heterocycles. The van der Waals surface area contributed by atoms with E-state index in [1.165, 1.54) is 10.3 Å². The van der Waals surface area contributed by atoms with E-state index in [-0.39, 0.29) is 5.91 Å². The molecule has 2 aromatic carbocycles. The molecule has 0 spiro atoms. The van der Waals surface area contributed by atoms with Crippen molar-refractivity contribution in [3.63, 3.8) is 0 Å². The summed E-state index contributed by atoms with van der Waals surface area (Å²) in [5.41, 5.74) is 2.28. The van der Waals surface area contributed by atoms with Crippen LogP contribution in [0.15, 0.2) is 54.6 Å². The third kappa shape index (κ3) is 5.38. The highest BCUT2D eigenvalue weighted by Gasteiger charge is 2.11. The van der Waals surface area contributed by atoms with Gasteiger partial charge in [-0.05, 0) is 30.7 Å². The van der Waals surface area contributed by atoms with E-state index in [0.29, 0.717) is 13.1 Å². The maximum absolute atomic E-state index is 12.3. The summed E-state index contributed by atoms with van der Waals surface area (Å²) in [5, 5.41) is 4.11. The van der Waals surface area contributed by atoms with Crippen molar-refractivity contribution in [1.82, 2.24) is 15.2 Å². The molecule has 0 aliphatic carbocycles. The molecule has 4 nitrogen and oxygen atoms in total. The molecule has 1 N–H and O–H groups in total. The number of para-hydroxylation sites is 1. The van der Waals surface area contributed by atoms with E-state index < -0.39 is 0 Å². The highest BCUT2D eigenvalue weighted by Crippen LogP contribution is 2.21. The normalized spacial score (nSPS) is 11.2. The first-order chi connectivity index (χ1) is 12.7. The zero-order chi connectivity index (χ0) is 18.2. The molecule has 0 radical (unpaired) electrons. The molecular weight excluding hydrogens is 342 g/mol. The van der Waals surface area contributed by atoms with Crippen LogP contribution in [0.25, 0.3) is 10.2 Å². The van der Waals surface area contributed by atoms with Gasteiger partial charge in [0.15, 0.2) is 0 Å². The fourth-order valence-corrected chi connectivity index (χ4v) is 3.93. The molecule has 0 fully saturated rings. The number of fused-ring (bicyclic) bond motifs is 1. The van der Waals surface area contributed by atoms with Gasteiger partial charge in [-0.2, -0.15) is 0 Å². The summed E-state index contributed by atoms with van der Waals surface area (Å²) in [7, 11) is 0. The molecule has 0 bridgehead atoms. The molecule has 0 unspecified atom stereocenters. The third-order valence-corrected chi connectivity index (χ3v) is 5.25. The maximum Gasteiger partial charge on any atom is 0.234 e. The Bertz CT molecular complexity index is 798. The molecule has 3 rings (SSSR count). The van der Waals surface area contributed by atoms with Gasteiger partial charge >= 0.3 is 0 Å². The van der Waals surface area contributed by atoms with Gasteiger partial charge in [-0.15, -0.1) is 11.3 Å². The van der Waals surface area contributed by atoms with Crippen LogP contribution in [-0.4, -0.2) is 35.4 Å². The van der Waals surface area contributed by atoms with Gasteiger partial charge in [-0.25, -0.2) is 4.98 Å². The number of carbonyl (C=O) groups is 1. The number of nitrogens with zero attached hydrogens (tertiary/aromatic N) is 2. The number of nitrogens with one attached hydrogen (secondary N) is 1. The quantitative estimate of drug-likeness (QED) is 0.624. The largest absolute Gasteiger partial charge is 0.355 e. The van der Waals surface area contributed by atoms with Crippen molar-refractivity contribution in [1.29, 1.82) is 0 Å². The Hall–Kier alpha value is -2.24. The Morgan fingerprint density at radius 3 is 2.65 bits per heavy atom. The van der Waals surface area contributed by atoms with Crippen LogP contribution in [0.5, 0.6) is 0 Å². The lowest BCUT2D eigenvalue weighted by molar-refractivity contribution is -0.122. The lowest BCUT2D eigenvalue weighted by Crippen LogP contribution is -2.38. The topological polar surface area (TPSA) is 45.2 Å². The van der Waals surface area contributed by atoms with Gasteiger partial charge in [-0.3, -0.25) is 9.69 Å². The highest BCUT2D eigenvalue weighted by atomic mass is 32.1. The number of amides is 1. The van der Waals surface area contributed by atoms with Gasteiger partial charge in [0.25, 0.3) is 0 Å². The molecule has 5 heteroatoms. The number of rotatable bonds is 9. The average molecular weight is 368 g/mol. The van der Waals surface area contributed by atoms with Gasteiger partial charge in [0.1, 0.15) is 0 Å².